The van der Waals surface area contributed by atoms with E-state index in [1.807, 2.05) is 0 Å². The van der Waals surface area contributed by atoms with Gasteiger partial charge in [-0.3, -0.25) is 0 Å². The van der Waals surface area contributed by atoms with E-state index in [4.69, 9.17) is 0 Å². The van der Waals surface area contributed by atoms with Crippen LogP contribution in [0.25, 0.3) is 0 Å². The van der Waals surface area contributed by atoms with E-state index in [2.05, 4.69) is 29.0 Å². The Bertz CT molecular complexity index is 308. The minimum absolute atomic E-state index is 0.774. The van der Waals surface area contributed by atoms with Gasteiger partial charge in [-0.15, -0.1) is 0 Å². The van der Waals surface area contributed by atoms with Gasteiger partial charge in [0.2, 0.25) is 0 Å². The van der Waals surface area contributed by atoms with Crippen LogP contribution in [0.4, 0.5) is 0 Å². The highest BCUT2D eigenvalue weighted by molar-refractivity contribution is 4.87. The van der Waals surface area contributed by atoms with Crippen molar-refractivity contribution >= 4 is 0 Å². The highest BCUT2D eigenvalue weighted by Gasteiger charge is 2.31. The maximum Gasteiger partial charge on any atom is 0.0110 e. The van der Waals surface area contributed by atoms with Gasteiger partial charge in [-0.05, 0) is 56.4 Å². The molecule has 1 heterocycles. The topological polar surface area (TPSA) is 18.5 Å². The minimum Gasteiger partial charge on any atom is -0.314 e. The first kappa shape index (κ1) is 15.8. The molecule has 3 fully saturated rings. The van der Waals surface area contributed by atoms with Crippen LogP contribution in [0.2, 0.25) is 0 Å². The van der Waals surface area contributed by atoms with Gasteiger partial charge in [-0.25, -0.2) is 0 Å². The maximum absolute atomic E-state index is 3.75. The summed E-state index contributed by atoms with van der Waals surface area (Å²) in [5, 5.41) is 3.75. The average Bonchev–Trinajstić information content (AvgIpc) is 3.28. The monoisotopic (exact) mass is 293 g/mol. The molecule has 0 amide bonds. The number of hydrogen-bond acceptors (Lipinski definition) is 3. The third-order valence-corrected chi connectivity index (χ3v) is 5.88. The Kier molecular flexibility index (Phi) is 5.58. The summed E-state index contributed by atoms with van der Waals surface area (Å²) in [5.41, 5.74) is 0. The SMILES string of the molecule is CCNC1CCC(C)CC1CN1CCN(CC2CC2)CC1. The minimum atomic E-state index is 0.774. The Morgan fingerprint density at radius 2 is 1.57 bits per heavy atom. The van der Waals surface area contributed by atoms with Crippen molar-refractivity contribution in [2.24, 2.45) is 17.8 Å². The molecule has 3 rings (SSSR count). The molecule has 0 aromatic heterocycles. The molecular formula is C18H35N3. The number of piperazine rings is 1. The van der Waals surface area contributed by atoms with Gasteiger partial charge >= 0.3 is 0 Å². The highest BCUT2D eigenvalue weighted by atomic mass is 15.3. The Labute approximate surface area is 131 Å². The van der Waals surface area contributed by atoms with Crippen molar-refractivity contribution in [1.82, 2.24) is 15.1 Å². The summed E-state index contributed by atoms with van der Waals surface area (Å²) in [6, 6.07) is 0.774. The Balaban J connectivity index is 1.43. The molecule has 0 radical (unpaired) electrons. The van der Waals surface area contributed by atoms with Gasteiger partial charge in [0.1, 0.15) is 0 Å². The van der Waals surface area contributed by atoms with E-state index in [9.17, 15) is 0 Å². The van der Waals surface area contributed by atoms with Crippen LogP contribution in [0.1, 0.15) is 46.0 Å². The summed E-state index contributed by atoms with van der Waals surface area (Å²) in [4.78, 5) is 5.45. The van der Waals surface area contributed by atoms with Gasteiger partial charge in [0.15, 0.2) is 0 Å². The number of nitrogens with zero attached hydrogens (tertiary/aromatic N) is 2. The third kappa shape index (κ3) is 4.67. The molecule has 122 valence electrons. The molecule has 3 atom stereocenters. The molecule has 0 spiro atoms. The van der Waals surface area contributed by atoms with Crippen molar-refractivity contribution < 1.29 is 0 Å². The first-order chi connectivity index (χ1) is 10.2. The van der Waals surface area contributed by atoms with Gasteiger partial charge < -0.3 is 15.1 Å². The summed E-state index contributed by atoms with van der Waals surface area (Å²) in [5.74, 6) is 2.86. The Morgan fingerprint density at radius 3 is 2.19 bits per heavy atom. The van der Waals surface area contributed by atoms with Crippen molar-refractivity contribution in [3.05, 3.63) is 0 Å². The van der Waals surface area contributed by atoms with E-state index in [-0.39, 0.29) is 0 Å². The van der Waals surface area contributed by atoms with Crippen molar-refractivity contribution in [2.45, 2.75) is 52.0 Å². The molecule has 1 aliphatic heterocycles. The van der Waals surface area contributed by atoms with Crippen LogP contribution < -0.4 is 5.32 Å². The zero-order valence-corrected chi connectivity index (χ0v) is 14.2. The standard InChI is InChI=1S/C18H35N3/c1-3-19-18-7-4-15(2)12-17(18)14-21-10-8-20(9-11-21)13-16-5-6-16/h15-19H,3-14H2,1-2H3. The summed E-state index contributed by atoms with van der Waals surface area (Å²) in [7, 11) is 0. The van der Waals surface area contributed by atoms with Gasteiger partial charge in [-0.2, -0.15) is 0 Å². The summed E-state index contributed by atoms with van der Waals surface area (Å²) in [6.07, 6.45) is 7.22. The molecule has 21 heavy (non-hydrogen) atoms. The zero-order chi connectivity index (χ0) is 14.7. The molecule has 1 saturated heterocycles. The molecule has 2 saturated carbocycles. The molecule has 3 unspecified atom stereocenters. The summed E-state index contributed by atoms with van der Waals surface area (Å²) >= 11 is 0. The fraction of sp³-hybridized carbons (Fsp3) is 1.00. The van der Waals surface area contributed by atoms with E-state index in [0.29, 0.717) is 0 Å². The number of nitrogens with one attached hydrogen (secondary N) is 1. The Hall–Kier alpha value is -0.120. The molecule has 0 aromatic carbocycles. The molecule has 1 N–H and O–H groups in total. The quantitative estimate of drug-likeness (QED) is 0.811. The van der Waals surface area contributed by atoms with Gasteiger partial charge in [0.25, 0.3) is 0 Å². The fourth-order valence-corrected chi connectivity index (χ4v) is 4.38. The van der Waals surface area contributed by atoms with E-state index in [1.165, 1.54) is 71.4 Å². The first-order valence-corrected chi connectivity index (χ1v) is 9.42. The summed E-state index contributed by atoms with van der Waals surface area (Å²) < 4.78 is 0. The van der Waals surface area contributed by atoms with Gasteiger partial charge in [0, 0.05) is 45.3 Å². The van der Waals surface area contributed by atoms with Crippen molar-refractivity contribution in [3.8, 4) is 0 Å². The lowest BCUT2D eigenvalue weighted by Crippen LogP contribution is -2.51. The molecule has 3 heteroatoms. The average molecular weight is 293 g/mol. The number of rotatable bonds is 6. The number of hydrogen-bond donors (Lipinski definition) is 1. The second kappa shape index (κ2) is 7.43. The van der Waals surface area contributed by atoms with E-state index >= 15 is 0 Å². The second-order valence-corrected chi connectivity index (χ2v) is 7.89. The molecule has 3 aliphatic rings. The van der Waals surface area contributed by atoms with Crippen molar-refractivity contribution in [2.75, 3.05) is 45.8 Å². The van der Waals surface area contributed by atoms with Crippen molar-refractivity contribution in [1.29, 1.82) is 0 Å². The lowest BCUT2D eigenvalue weighted by molar-refractivity contribution is 0.0891. The van der Waals surface area contributed by atoms with Gasteiger partial charge in [0.05, 0.1) is 0 Å². The highest BCUT2D eigenvalue weighted by Crippen LogP contribution is 2.31. The van der Waals surface area contributed by atoms with E-state index in [0.717, 1.165) is 30.3 Å². The Morgan fingerprint density at radius 1 is 0.905 bits per heavy atom. The first-order valence-electron chi connectivity index (χ1n) is 9.42. The van der Waals surface area contributed by atoms with Crippen LogP contribution in [0, 0.1) is 17.8 Å². The smallest absolute Gasteiger partial charge is 0.0110 e. The van der Waals surface area contributed by atoms with Crippen LogP contribution in [0.15, 0.2) is 0 Å². The van der Waals surface area contributed by atoms with Gasteiger partial charge in [-0.1, -0.05) is 13.8 Å². The third-order valence-electron chi connectivity index (χ3n) is 5.88. The van der Waals surface area contributed by atoms with Crippen LogP contribution in [-0.4, -0.2) is 61.7 Å². The molecule has 0 aromatic rings. The second-order valence-electron chi connectivity index (χ2n) is 7.89. The lowest BCUT2D eigenvalue weighted by Gasteiger charge is -2.41. The zero-order valence-electron chi connectivity index (χ0n) is 14.2. The van der Waals surface area contributed by atoms with E-state index in [1.54, 1.807) is 0 Å². The molecule has 0 bridgehead atoms. The van der Waals surface area contributed by atoms with Crippen LogP contribution in [0.3, 0.4) is 0 Å². The maximum atomic E-state index is 3.75. The van der Waals surface area contributed by atoms with E-state index < -0.39 is 0 Å². The molecular weight excluding hydrogens is 258 g/mol. The lowest BCUT2D eigenvalue weighted by atomic mass is 9.78. The molecule has 3 nitrogen and oxygen atoms in total. The van der Waals surface area contributed by atoms with Crippen LogP contribution in [-0.2, 0) is 0 Å². The summed E-state index contributed by atoms with van der Waals surface area (Å²) in [6.45, 7) is 13.8. The van der Waals surface area contributed by atoms with Crippen molar-refractivity contribution in [3.63, 3.8) is 0 Å². The van der Waals surface area contributed by atoms with Crippen LogP contribution >= 0.6 is 0 Å². The predicted octanol–water partition coefficient (Wildman–Crippen LogP) is 2.43. The largest absolute Gasteiger partial charge is 0.314 e. The van der Waals surface area contributed by atoms with Crippen LogP contribution in [0.5, 0.6) is 0 Å². The molecule has 2 aliphatic carbocycles. The predicted molar refractivity (Wildman–Crippen MR) is 89.6 cm³/mol. The normalized spacial score (nSPS) is 36.0. The fourth-order valence-electron chi connectivity index (χ4n) is 4.38.